The number of fused-ring (bicyclic) bond motifs is 1. The average Bonchev–Trinajstić information content (AvgIpc) is 3.14. The second-order valence-electron chi connectivity index (χ2n) is 5.64. The van der Waals surface area contributed by atoms with E-state index in [1.165, 1.54) is 11.8 Å². The largest absolute Gasteiger partial charge is 0.483 e. The second kappa shape index (κ2) is 7.81. The topological polar surface area (TPSA) is 48.2 Å². The Balaban J connectivity index is 1.38. The van der Waals surface area contributed by atoms with Crippen LogP contribution in [0.5, 0.6) is 5.75 Å². The molecule has 4 nitrogen and oxygen atoms in total. The highest BCUT2D eigenvalue weighted by Crippen LogP contribution is 2.27. The normalized spacial score (nSPS) is 11.0. The molecule has 0 spiro atoms. The van der Waals surface area contributed by atoms with Crippen LogP contribution in [0.4, 0.5) is 0 Å². The Bertz CT molecular complexity index is 1010. The SMILES string of the molecule is Clc1ccc(CSc2nnc(COc3cccc4ccccc34)o2)cc1. The van der Waals surface area contributed by atoms with E-state index in [0.29, 0.717) is 11.1 Å². The number of nitrogens with zero attached hydrogens (tertiary/aromatic N) is 2. The molecule has 4 aromatic rings. The number of aromatic nitrogens is 2. The van der Waals surface area contributed by atoms with Crippen LogP contribution in [0.1, 0.15) is 11.5 Å². The van der Waals surface area contributed by atoms with Crippen molar-refractivity contribution in [2.75, 3.05) is 0 Å². The number of rotatable bonds is 6. The Morgan fingerprint density at radius 1 is 0.923 bits per heavy atom. The van der Waals surface area contributed by atoms with Crippen molar-refractivity contribution in [3.63, 3.8) is 0 Å². The molecule has 0 radical (unpaired) electrons. The molecule has 0 aliphatic heterocycles. The smallest absolute Gasteiger partial charge is 0.277 e. The first-order valence-electron chi connectivity index (χ1n) is 8.08. The van der Waals surface area contributed by atoms with Crippen molar-refractivity contribution >= 4 is 34.1 Å². The van der Waals surface area contributed by atoms with E-state index >= 15 is 0 Å². The molecule has 0 saturated carbocycles. The summed E-state index contributed by atoms with van der Waals surface area (Å²) in [6.45, 7) is 0.239. The van der Waals surface area contributed by atoms with Crippen molar-refractivity contribution in [2.45, 2.75) is 17.6 Å². The van der Waals surface area contributed by atoms with E-state index in [9.17, 15) is 0 Å². The molecule has 3 aromatic carbocycles. The van der Waals surface area contributed by atoms with Crippen LogP contribution in [0.25, 0.3) is 10.8 Å². The zero-order chi connectivity index (χ0) is 17.8. The van der Waals surface area contributed by atoms with Gasteiger partial charge in [0.05, 0.1) is 0 Å². The third-order valence-corrected chi connectivity index (χ3v) is 4.97. The summed E-state index contributed by atoms with van der Waals surface area (Å²) in [6.07, 6.45) is 0. The molecule has 4 rings (SSSR count). The third kappa shape index (κ3) is 4.00. The Kier molecular flexibility index (Phi) is 5.09. The molecule has 0 atom stereocenters. The fourth-order valence-electron chi connectivity index (χ4n) is 2.54. The van der Waals surface area contributed by atoms with Crippen molar-refractivity contribution < 1.29 is 9.15 Å². The van der Waals surface area contributed by atoms with Crippen LogP contribution in [0.3, 0.4) is 0 Å². The molecule has 6 heteroatoms. The molecule has 0 aliphatic carbocycles. The highest BCUT2D eigenvalue weighted by Gasteiger charge is 2.09. The molecule has 0 amide bonds. The van der Waals surface area contributed by atoms with E-state index in [1.54, 1.807) is 0 Å². The minimum atomic E-state index is 0.239. The van der Waals surface area contributed by atoms with Gasteiger partial charge in [-0.2, -0.15) is 0 Å². The number of benzene rings is 3. The Hall–Kier alpha value is -2.50. The van der Waals surface area contributed by atoms with E-state index in [4.69, 9.17) is 20.8 Å². The van der Waals surface area contributed by atoms with Gasteiger partial charge in [0.25, 0.3) is 11.1 Å². The van der Waals surface area contributed by atoms with Gasteiger partial charge < -0.3 is 9.15 Å². The van der Waals surface area contributed by atoms with Crippen molar-refractivity contribution in [2.24, 2.45) is 0 Å². The summed E-state index contributed by atoms with van der Waals surface area (Å²) < 4.78 is 11.5. The zero-order valence-corrected chi connectivity index (χ0v) is 15.3. The maximum Gasteiger partial charge on any atom is 0.277 e. The minimum absolute atomic E-state index is 0.239. The van der Waals surface area contributed by atoms with Crippen LogP contribution in [-0.4, -0.2) is 10.2 Å². The van der Waals surface area contributed by atoms with Crippen LogP contribution in [-0.2, 0) is 12.4 Å². The van der Waals surface area contributed by atoms with Gasteiger partial charge in [-0.15, -0.1) is 10.2 Å². The molecule has 0 aliphatic rings. The van der Waals surface area contributed by atoms with Gasteiger partial charge in [0.1, 0.15) is 5.75 Å². The van der Waals surface area contributed by atoms with Crippen LogP contribution in [0, 0.1) is 0 Å². The van der Waals surface area contributed by atoms with E-state index in [-0.39, 0.29) is 6.61 Å². The molecule has 0 N–H and O–H groups in total. The summed E-state index contributed by atoms with van der Waals surface area (Å²) in [6, 6.07) is 21.8. The Morgan fingerprint density at radius 2 is 1.73 bits per heavy atom. The van der Waals surface area contributed by atoms with Gasteiger partial charge in [-0.1, -0.05) is 71.9 Å². The van der Waals surface area contributed by atoms with Gasteiger partial charge in [0, 0.05) is 16.2 Å². The first-order valence-corrected chi connectivity index (χ1v) is 9.44. The number of thioether (sulfide) groups is 1. The van der Waals surface area contributed by atoms with Crippen LogP contribution in [0.2, 0.25) is 5.02 Å². The second-order valence-corrected chi connectivity index (χ2v) is 7.01. The number of hydrogen-bond donors (Lipinski definition) is 0. The lowest BCUT2D eigenvalue weighted by Gasteiger charge is -2.07. The Labute approximate surface area is 160 Å². The number of ether oxygens (including phenoxy) is 1. The molecule has 0 fully saturated rings. The van der Waals surface area contributed by atoms with Crippen LogP contribution >= 0.6 is 23.4 Å². The molecule has 0 unspecified atom stereocenters. The summed E-state index contributed by atoms with van der Waals surface area (Å²) in [7, 11) is 0. The summed E-state index contributed by atoms with van der Waals surface area (Å²) in [5, 5.41) is 11.6. The van der Waals surface area contributed by atoms with Crippen molar-refractivity contribution in [1.82, 2.24) is 10.2 Å². The summed E-state index contributed by atoms with van der Waals surface area (Å²) in [5.74, 6) is 2.00. The highest BCUT2D eigenvalue weighted by molar-refractivity contribution is 7.98. The third-order valence-electron chi connectivity index (χ3n) is 3.82. The Morgan fingerprint density at radius 3 is 2.62 bits per heavy atom. The predicted molar refractivity (Wildman–Crippen MR) is 104 cm³/mol. The number of halogens is 1. The van der Waals surface area contributed by atoms with Crippen molar-refractivity contribution in [1.29, 1.82) is 0 Å². The van der Waals surface area contributed by atoms with Gasteiger partial charge in [-0.25, -0.2) is 0 Å². The molecular formula is C20H15ClN2O2S. The van der Waals surface area contributed by atoms with Gasteiger partial charge in [0.15, 0.2) is 6.61 Å². The monoisotopic (exact) mass is 382 g/mol. The molecule has 1 aromatic heterocycles. The van der Waals surface area contributed by atoms with E-state index in [0.717, 1.165) is 32.9 Å². The quantitative estimate of drug-likeness (QED) is 0.397. The first kappa shape index (κ1) is 16.9. The van der Waals surface area contributed by atoms with Gasteiger partial charge in [0.2, 0.25) is 0 Å². The standard InChI is InChI=1S/C20H15ClN2O2S/c21-16-10-8-14(9-11-16)13-26-20-23-22-19(25-20)12-24-18-7-3-5-15-4-1-2-6-17(15)18/h1-11H,12-13H2. The fraction of sp³-hybridized carbons (Fsp3) is 0.100. The number of hydrogen-bond acceptors (Lipinski definition) is 5. The van der Waals surface area contributed by atoms with Crippen LogP contribution in [0.15, 0.2) is 76.4 Å². The van der Waals surface area contributed by atoms with Crippen LogP contribution < -0.4 is 4.74 Å². The average molecular weight is 383 g/mol. The van der Waals surface area contributed by atoms with Gasteiger partial charge in [-0.3, -0.25) is 0 Å². The fourth-order valence-corrected chi connectivity index (χ4v) is 3.40. The van der Waals surface area contributed by atoms with Crippen molar-refractivity contribution in [3.05, 3.63) is 83.2 Å². The molecular weight excluding hydrogens is 368 g/mol. The molecule has 130 valence electrons. The maximum atomic E-state index is 5.89. The summed E-state index contributed by atoms with van der Waals surface area (Å²) in [4.78, 5) is 0. The van der Waals surface area contributed by atoms with Gasteiger partial charge in [-0.05, 0) is 29.1 Å². The predicted octanol–water partition coefficient (Wildman–Crippen LogP) is 5.75. The summed E-state index contributed by atoms with van der Waals surface area (Å²) >= 11 is 7.38. The molecule has 0 saturated heterocycles. The summed E-state index contributed by atoms with van der Waals surface area (Å²) in [5.41, 5.74) is 1.14. The lowest BCUT2D eigenvalue weighted by molar-refractivity contribution is 0.254. The minimum Gasteiger partial charge on any atom is -0.483 e. The van der Waals surface area contributed by atoms with E-state index in [1.807, 2.05) is 54.6 Å². The van der Waals surface area contributed by atoms with Crippen molar-refractivity contribution in [3.8, 4) is 5.75 Å². The molecule has 0 bridgehead atoms. The van der Waals surface area contributed by atoms with E-state index < -0.39 is 0 Å². The maximum absolute atomic E-state index is 5.89. The molecule has 26 heavy (non-hydrogen) atoms. The lowest BCUT2D eigenvalue weighted by atomic mass is 10.1. The zero-order valence-electron chi connectivity index (χ0n) is 13.8. The highest BCUT2D eigenvalue weighted by atomic mass is 35.5. The lowest BCUT2D eigenvalue weighted by Crippen LogP contribution is -1.96. The first-order chi connectivity index (χ1) is 12.8. The molecule has 1 heterocycles. The van der Waals surface area contributed by atoms with E-state index in [2.05, 4.69) is 22.3 Å². The van der Waals surface area contributed by atoms with Gasteiger partial charge >= 0.3 is 0 Å².